The van der Waals surface area contributed by atoms with Gasteiger partial charge >= 0.3 is 0 Å². The lowest BCUT2D eigenvalue weighted by molar-refractivity contribution is -0.113. The van der Waals surface area contributed by atoms with Crippen molar-refractivity contribution < 1.29 is 9.21 Å². The Morgan fingerprint density at radius 1 is 0.944 bits per heavy atom. The van der Waals surface area contributed by atoms with Crippen molar-refractivity contribution in [1.82, 2.24) is 20.0 Å². The van der Waals surface area contributed by atoms with Gasteiger partial charge < -0.3 is 9.73 Å². The van der Waals surface area contributed by atoms with Gasteiger partial charge in [0.2, 0.25) is 5.91 Å². The Morgan fingerprint density at radius 2 is 1.64 bits per heavy atom. The van der Waals surface area contributed by atoms with Gasteiger partial charge in [0, 0.05) is 11.1 Å². The number of aromatic nitrogens is 4. The molecular weight excluding hydrogens is 474 g/mol. The van der Waals surface area contributed by atoms with Crippen molar-refractivity contribution in [3.8, 4) is 11.6 Å². The van der Waals surface area contributed by atoms with Crippen LogP contribution in [-0.2, 0) is 11.3 Å². The van der Waals surface area contributed by atoms with E-state index in [-0.39, 0.29) is 28.3 Å². The third-order valence-corrected chi connectivity index (χ3v) is 6.30. The van der Waals surface area contributed by atoms with E-state index < -0.39 is 0 Å². The second kappa shape index (κ2) is 10.2. The highest BCUT2D eigenvalue weighted by molar-refractivity contribution is 7.99. The smallest absolute Gasteiger partial charge is 0.277 e. The van der Waals surface area contributed by atoms with Crippen molar-refractivity contribution in [2.75, 3.05) is 11.1 Å². The summed E-state index contributed by atoms with van der Waals surface area (Å²) in [4.78, 5) is 25.5. The number of hydrogen-bond acceptors (Lipinski definition) is 7. The summed E-state index contributed by atoms with van der Waals surface area (Å²) in [6, 6.07) is 22.7. The molecule has 2 heterocycles. The van der Waals surface area contributed by atoms with Crippen LogP contribution in [0.4, 0.5) is 5.69 Å². The number of fused-ring (bicyclic) bond motifs is 1. The van der Waals surface area contributed by atoms with Crippen LogP contribution in [0.1, 0.15) is 16.7 Å². The summed E-state index contributed by atoms with van der Waals surface area (Å²) in [5.74, 6) is 0.117. The van der Waals surface area contributed by atoms with E-state index in [9.17, 15) is 9.59 Å². The van der Waals surface area contributed by atoms with E-state index in [4.69, 9.17) is 4.42 Å². The van der Waals surface area contributed by atoms with Crippen LogP contribution < -0.4 is 10.9 Å². The minimum Gasteiger partial charge on any atom is -0.409 e. The molecule has 0 aliphatic rings. The van der Waals surface area contributed by atoms with Crippen LogP contribution in [0.3, 0.4) is 0 Å². The van der Waals surface area contributed by atoms with Crippen LogP contribution in [0.2, 0.25) is 0 Å². The fraction of sp³-hybridized carbons (Fsp3) is 0.148. The van der Waals surface area contributed by atoms with Gasteiger partial charge in [0.1, 0.15) is 0 Å². The van der Waals surface area contributed by atoms with E-state index in [0.29, 0.717) is 23.0 Å². The number of benzene rings is 3. The van der Waals surface area contributed by atoms with Crippen molar-refractivity contribution in [1.29, 1.82) is 0 Å². The summed E-state index contributed by atoms with van der Waals surface area (Å²) < 4.78 is 7.25. The predicted molar refractivity (Wildman–Crippen MR) is 140 cm³/mol. The number of hydrogen-bond donors (Lipinski definition) is 1. The zero-order chi connectivity index (χ0) is 25.1. The number of amides is 1. The Kier molecular flexibility index (Phi) is 6.64. The molecule has 5 aromatic rings. The molecule has 0 saturated carbocycles. The van der Waals surface area contributed by atoms with Crippen LogP contribution in [0.25, 0.3) is 22.4 Å². The fourth-order valence-corrected chi connectivity index (χ4v) is 4.55. The summed E-state index contributed by atoms with van der Waals surface area (Å²) in [6.45, 7) is 4.28. The Balaban J connectivity index is 1.38. The van der Waals surface area contributed by atoms with E-state index in [1.807, 2.05) is 74.5 Å². The van der Waals surface area contributed by atoms with Crippen LogP contribution >= 0.6 is 11.8 Å². The number of nitrogens with zero attached hydrogens (tertiary/aromatic N) is 4. The first-order chi connectivity index (χ1) is 17.5. The monoisotopic (exact) mass is 497 g/mol. The molecule has 8 nitrogen and oxygen atoms in total. The SMILES string of the molecule is Cc1cc(C)cc(NC(=O)CSc2nnc(-c3nn(Cc4ccccc4)c(=O)c4ccccc34)o2)c1. The van der Waals surface area contributed by atoms with Crippen molar-refractivity contribution in [3.63, 3.8) is 0 Å². The second-order valence-electron chi connectivity index (χ2n) is 8.43. The van der Waals surface area contributed by atoms with Gasteiger partial charge in [0.05, 0.1) is 17.7 Å². The Hall–Kier alpha value is -4.24. The number of nitrogens with one attached hydrogen (secondary N) is 1. The van der Waals surface area contributed by atoms with Crippen molar-refractivity contribution in [3.05, 3.63) is 99.8 Å². The quantitative estimate of drug-likeness (QED) is 0.321. The fourth-order valence-electron chi connectivity index (χ4n) is 3.99. The summed E-state index contributed by atoms with van der Waals surface area (Å²) in [6.07, 6.45) is 0. The van der Waals surface area contributed by atoms with Crippen molar-refractivity contribution in [2.24, 2.45) is 0 Å². The Labute approximate surface area is 211 Å². The normalized spacial score (nSPS) is 11.1. The molecule has 0 bridgehead atoms. The molecule has 3 aromatic carbocycles. The third-order valence-electron chi connectivity index (χ3n) is 5.48. The van der Waals surface area contributed by atoms with Crippen LogP contribution in [0.5, 0.6) is 0 Å². The maximum Gasteiger partial charge on any atom is 0.277 e. The number of carbonyl (C=O) groups is 1. The number of thioether (sulfide) groups is 1. The lowest BCUT2D eigenvalue weighted by atomic mass is 10.1. The number of aryl methyl sites for hydroxylation is 2. The van der Waals surface area contributed by atoms with Gasteiger partial charge in [0.15, 0.2) is 5.69 Å². The molecule has 0 radical (unpaired) electrons. The number of rotatable bonds is 7. The maximum atomic E-state index is 13.1. The van der Waals surface area contributed by atoms with Gasteiger partial charge in [0.25, 0.3) is 16.7 Å². The highest BCUT2D eigenvalue weighted by Gasteiger charge is 2.18. The highest BCUT2D eigenvalue weighted by Crippen LogP contribution is 2.27. The highest BCUT2D eigenvalue weighted by atomic mass is 32.2. The van der Waals surface area contributed by atoms with E-state index >= 15 is 0 Å². The molecule has 1 N–H and O–H groups in total. The molecule has 0 aliphatic carbocycles. The molecule has 0 saturated heterocycles. The van der Waals surface area contributed by atoms with Gasteiger partial charge in [-0.2, -0.15) is 5.10 Å². The average Bonchev–Trinajstić information content (AvgIpc) is 3.33. The standard InChI is InChI=1S/C27H23N5O3S/c1-17-12-18(2)14-20(13-17)28-23(33)16-36-27-30-29-25(35-27)24-21-10-6-7-11-22(21)26(34)32(31-24)15-19-8-4-3-5-9-19/h3-14H,15-16H2,1-2H3,(H,28,33). The minimum absolute atomic E-state index is 0.107. The molecule has 1 amide bonds. The third kappa shape index (κ3) is 5.21. The summed E-state index contributed by atoms with van der Waals surface area (Å²) in [7, 11) is 0. The molecule has 0 atom stereocenters. The first-order valence-corrected chi connectivity index (χ1v) is 12.3. The summed E-state index contributed by atoms with van der Waals surface area (Å²) in [5, 5.41) is 17.1. The Morgan fingerprint density at radius 3 is 2.39 bits per heavy atom. The molecule has 36 heavy (non-hydrogen) atoms. The topological polar surface area (TPSA) is 103 Å². The number of anilines is 1. The molecule has 0 spiro atoms. The molecule has 0 fully saturated rings. The predicted octanol–water partition coefficient (Wildman–Crippen LogP) is 4.84. The van der Waals surface area contributed by atoms with Crippen LogP contribution in [0.15, 0.2) is 87.2 Å². The van der Waals surface area contributed by atoms with E-state index in [1.54, 1.807) is 12.1 Å². The first kappa shape index (κ1) is 23.5. The largest absolute Gasteiger partial charge is 0.409 e. The van der Waals surface area contributed by atoms with Gasteiger partial charge in [-0.05, 0) is 48.7 Å². The molecule has 2 aromatic heterocycles. The molecule has 180 valence electrons. The van der Waals surface area contributed by atoms with Gasteiger partial charge in [-0.3, -0.25) is 9.59 Å². The maximum absolute atomic E-state index is 13.1. The van der Waals surface area contributed by atoms with E-state index in [1.165, 1.54) is 4.68 Å². The van der Waals surface area contributed by atoms with Gasteiger partial charge in [-0.25, -0.2) is 4.68 Å². The van der Waals surface area contributed by atoms with Gasteiger partial charge in [-0.1, -0.05) is 66.4 Å². The van der Waals surface area contributed by atoms with Crippen LogP contribution in [0, 0.1) is 13.8 Å². The summed E-state index contributed by atoms with van der Waals surface area (Å²) >= 11 is 1.14. The zero-order valence-electron chi connectivity index (χ0n) is 19.8. The average molecular weight is 498 g/mol. The molecule has 9 heteroatoms. The first-order valence-electron chi connectivity index (χ1n) is 11.3. The lowest BCUT2D eigenvalue weighted by Gasteiger charge is -2.09. The minimum atomic E-state index is -0.199. The number of carbonyl (C=O) groups excluding carboxylic acids is 1. The van der Waals surface area contributed by atoms with Crippen LogP contribution in [-0.4, -0.2) is 31.6 Å². The van der Waals surface area contributed by atoms with E-state index in [0.717, 1.165) is 34.1 Å². The Bertz CT molecular complexity index is 1590. The molecule has 0 unspecified atom stereocenters. The molecule has 0 aliphatic heterocycles. The molecule has 5 rings (SSSR count). The van der Waals surface area contributed by atoms with Gasteiger partial charge in [-0.15, -0.1) is 10.2 Å². The van der Waals surface area contributed by atoms with Crippen molar-refractivity contribution >= 4 is 34.1 Å². The second-order valence-corrected chi connectivity index (χ2v) is 9.36. The molecular formula is C27H23N5O3S. The van der Waals surface area contributed by atoms with E-state index in [2.05, 4.69) is 20.6 Å². The summed E-state index contributed by atoms with van der Waals surface area (Å²) in [5.41, 5.74) is 4.07. The zero-order valence-corrected chi connectivity index (χ0v) is 20.6. The van der Waals surface area contributed by atoms with Crippen molar-refractivity contribution in [2.45, 2.75) is 25.6 Å². The lowest BCUT2D eigenvalue weighted by Crippen LogP contribution is -2.24.